The molecular weight excluding hydrogens is 363 g/mol. The van der Waals surface area contributed by atoms with Crippen LogP contribution >= 0.6 is 11.8 Å². The van der Waals surface area contributed by atoms with Crippen LogP contribution in [0.15, 0.2) is 49.5 Å². The van der Waals surface area contributed by atoms with Crippen molar-refractivity contribution in [2.45, 2.75) is 23.2 Å². The molecule has 2 aromatic heterocycles. The van der Waals surface area contributed by atoms with Crippen LogP contribution in [0.5, 0.6) is 0 Å². The Bertz CT molecular complexity index is 936. The summed E-state index contributed by atoms with van der Waals surface area (Å²) >= 11 is 0.706. The molecule has 0 radical (unpaired) electrons. The number of hydrogen-bond donors (Lipinski definition) is 0. The fourth-order valence-corrected chi connectivity index (χ4v) is 2.75. The van der Waals surface area contributed by atoms with Crippen molar-refractivity contribution in [2.75, 3.05) is 0 Å². The van der Waals surface area contributed by atoms with Crippen molar-refractivity contribution in [1.29, 1.82) is 0 Å². The van der Waals surface area contributed by atoms with Crippen LogP contribution < -0.4 is 0 Å². The first-order chi connectivity index (χ1) is 11.8. The lowest BCUT2D eigenvalue weighted by molar-refractivity contribution is -0.388. The van der Waals surface area contributed by atoms with E-state index in [1.54, 1.807) is 13.0 Å². The Morgan fingerprint density at radius 3 is 2.60 bits per heavy atom. The highest BCUT2D eigenvalue weighted by Crippen LogP contribution is 2.39. The monoisotopic (exact) mass is 371 g/mol. The molecule has 2 heterocycles. The Hall–Kier alpha value is -2.82. The molecule has 0 aliphatic heterocycles. The molecular formula is C14H8F3N3O4S. The van der Waals surface area contributed by atoms with Gasteiger partial charge in [0.2, 0.25) is 0 Å². The maximum absolute atomic E-state index is 12.7. The van der Waals surface area contributed by atoms with Crippen LogP contribution in [0.25, 0.3) is 11.5 Å². The third kappa shape index (κ3) is 3.50. The van der Waals surface area contributed by atoms with E-state index in [2.05, 4.69) is 10.2 Å². The third-order valence-corrected chi connectivity index (χ3v) is 4.08. The van der Waals surface area contributed by atoms with Gasteiger partial charge in [-0.2, -0.15) is 13.2 Å². The smallest absolute Gasteiger partial charge is 0.416 e. The van der Waals surface area contributed by atoms with E-state index in [1.165, 1.54) is 6.26 Å². The number of rotatable bonds is 4. The Morgan fingerprint density at radius 2 is 2.00 bits per heavy atom. The minimum atomic E-state index is -4.68. The maximum atomic E-state index is 12.7. The van der Waals surface area contributed by atoms with E-state index in [0.717, 1.165) is 12.1 Å². The van der Waals surface area contributed by atoms with E-state index in [9.17, 15) is 23.3 Å². The SMILES string of the molecule is Cc1occc1-c1nnc(Sc2ccc(C(F)(F)F)cc2[N+](=O)[O-])o1. The summed E-state index contributed by atoms with van der Waals surface area (Å²) in [4.78, 5) is 10.1. The summed E-state index contributed by atoms with van der Waals surface area (Å²) in [6, 6.07) is 3.84. The number of aryl methyl sites for hydroxylation is 1. The zero-order valence-electron chi connectivity index (χ0n) is 12.4. The van der Waals surface area contributed by atoms with Crippen molar-refractivity contribution in [3.63, 3.8) is 0 Å². The number of halogens is 3. The van der Waals surface area contributed by atoms with Crippen LogP contribution in [-0.2, 0) is 6.18 Å². The molecule has 0 N–H and O–H groups in total. The van der Waals surface area contributed by atoms with Gasteiger partial charge in [0.15, 0.2) is 0 Å². The number of nitro groups is 1. The van der Waals surface area contributed by atoms with E-state index in [4.69, 9.17) is 8.83 Å². The van der Waals surface area contributed by atoms with Crippen LogP contribution in [0.2, 0.25) is 0 Å². The summed E-state index contributed by atoms with van der Waals surface area (Å²) in [7, 11) is 0. The van der Waals surface area contributed by atoms with Crippen molar-refractivity contribution >= 4 is 17.4 Å². The summed E-state index contributed by atoms with van der Waals surface area (Å²) in [5.74, 6) is 0.684. The van der Waals surface area contributed by atoms with E-state index in [1.807, 2.05) is 0 Å². The van der Waals surface area contributed by atoms with Gasteiger partial charge < -0.3 is 8.83 Å². The lowest BCUT2D eigenvalue weighted by atomic mass is 10.2. The summed E-state index contributed by atoms with van der Waals surface area (Å²) in [5, 5.41) is 18.6. The number of alkyl halides is 3. The van der Waals surface area contributed by atoms with Gasteiger partial charge in [0.1, 0.15) is 5.76 Å². The van der Waals surface area contributed by atoms with Crippen LogP contribution in [-0.4, -0.2) is 15.1 Å². The molecule has 0 unspecified atom stereocenters. The average molecular weight is 371 g/mol. The van der Waals surface area contributed by atoms with Crippen molar-refractivity contribution in [1.82, 2.24) is 10.2 Å². The van der Waals surface area contributed by atoms with Gasteiger partial charge in [0.25, 0.3) is 16.8 Å². The van der Waals surface area contributed by atoms with Gasteiger partial charge in [-0.1, -0.05) is 0 Å². The molecule has 1 aromatic carbocycles. The second-order valence-electron chi connectivity index (χ2n) is 4.80. The Morgan fingerprint density at radius 1 is 1.24 bits per heavy atom. The highest BCUT2D eigenvalue weighted by molar-refractivity contribution is 7.99. The van der Waals surface area contributed by atoms with Gasteiger partial charge in [0.05, 0.1) is 27.2 Å². The first-order valence-corrected chi connectivity index (χ1v) is 7.49. The number of furan rings is 1. The predicted molar refractivity (Wildman–Crippen MR) is 79.0 cm³/mol. The highest BCUT2D eigenvalue weighted by Gasteiger charge is 2.33. The van der Waals surface area contributed by atoms with E-state index < -0.39 is 22.4 Å². The maximum Gasteiger partial charge on any atom is 0.416 e. The Labute approximate surface area is 142 Å². The van der Waals surface area contributed by atoms with Gasteiger partial charge in [-0.3, -0.25) is 10.1 Å². The zero-order chi connectivity index (χ0) is 18.2. The molecule has 0 amide bonds. The van der Waals surface area contributed by atoms with Crippen LogP contribution in [0, 0.1) is 17.0 Å². The molecule has 25 heavy (non-hydrogen) atoms. The van der Waals surface area contributed by atoms with E-state index in [-0.39, 0.29) is 16.0 Å². The first kappa shape index (κ1) is 17.0. The largest absolute Gasteiger partial charge is 0.469 e. The minimum absolute atomic E-state index is 0.0431. The van der Waals surface area contributed by atoms with Gasteiger partial charge >= 0.3 is 6.18 Å². The van der Waals surface area contributed by atoms with Crippen molar-refractivity contribution < 1.29 is 26.9 Å². The third-order valence-electron chi connectivity index (χ3n) is 3.18. The van der Waals surface area contributed by atoms with Crippen molar-refractivity contribution in [3.05, 3.63) is 52.0 Å². The molecule has 0 atom stereocenters. The van der Waals surface area contributed by atoms with Crippen LogP contribution in [0.3, 0.4) is 0 Å². The molecule has 0 saturated heterocycles. The van der Waals surface area contributed by atoms with Gasteiger partial charge in [-0.25, -0.2) is 0 Å². The second kappa shape index (κ2) is 6.24. The number of nitro benzene ring substituents is 1. The molecule has 11 heteroatoms. The molecule has 3 aromatic rings. The summed E-state index contributed by atoms with van der Waals surface area (Å²) in [6.45, 7) is 1.69. The fourth-order valence-electron chi connectivity index (χ4n) is 1.98. The quantitative estimate of drug-likeness (QED) is 0.484. The topological polar surface area (TPSA) is 95.2 Å². The average Bonchev–Trinajstić information content (AvgIpc) is 3.15. The highest BCUT2D eigenvalue weighted by atomic mass is 32.2. The standard InChI is InChI=1S/C14H8F3N3O4S/c1-7-9(4-5-23-7)12-18-19-13(24-12)25-11-3-2-8(14(15,16)17)6-10(11)20(21)22/h2-6H,1H3. The number of nitrogens with zero attached hydrogens (tertiary/aromatic N) is 3. The van der Waals surface area contributed by atoms with Gasteiger partial charge in [-0.15, -0.1) is 10.2 Å². The van der Waals surface area contributed by atoms with Crippen molar-refractivity contribution in [3.8, 4) is 11.5 Å². The fraction of sp³-hybridized carbons (Fsp3) is 0.143. The molecule has 0 fully saturated rings. The summed E-state index contributed by atoms with van der Waals surface area (Å²) < 4.78 is 48.6. The Kier molecular flexibility index (Phi) is 4.25. The molecule has 0 bridgehead atoms. The zero-order valence-corrected chi connectivity index (χ0v) is 13.2. The molecule has 0 aliphatic carbocycles. The van der Waals surface area contributed by atoms with E-state index in [0.29, 0.717) is 29.2 Å². The molecule has 130 valence electrons. The number of aromatic nitrogens is 2. The summed E-state index contributed by atoms with van der Waals surface area (Å²) in [6.07, 6.45) is -3.24. The lowest BCUT2D eigenvalue weighted by Gasteiger charge is -2.07. The molecule has 0 spiro atoms. The van der Waals surface area contributed by atoms with Gasteiger partial charge in [-0.05, 0) is 36.9 Å². The molecule has 0 aliphatic rings. The number of hydrogen-bond acceptors (Lipinski definition) is 7. The second-order valence-corrected chi connectivity index (χ2v) is 5.80. The molecule has 7 nitrogen and oxygen atoms in total. The summed E-state index contributed by atoms with van der Waals surface area (Å²) in [5.41, 5.74) is -1.25. The van der Waals surface area contributed by atoms with Gasteiger partial charge in [0, 0.05) is 6.07 Å². The van der Waals surface area contributed by atoms with Crippen LogP contribution in [0.4, 0.5) is 18.9 Å². The number of benzene rings is 1. The first-order valence-electron chi connectivity index (χ1n) is 6.67. The lowest BCUT2D eigenvalue weighted by Crippen LogP contribution is -2.05. The predicted octanol–water partition coefficient (Wildman–Crippen LogP) is 4.72. The molecule has 0 saturated carbocycles. The van der Waals surface area contributed by atoms with Crippen LogP contribution in [0.1, 0.15) is 11.3 Å². The Balaban J connectivity index is 1.92. The molecule has 3 rings (SSSR count). The normalized spacial score (nSPS) is 11.7. The van der Waals surface area contributed by atoms with E-state index >= 15 is 0 Å². The minimum Gasteiger partial charge on any atom is -0.469 e. The van der Waals surface area contributed by atoms with Crippen molar-refractivity contribution in [2.24, 2.45) is 0 Å².